The van der Waals surface area contributed by atoms with Crippen LogP contribution in [-0.4, -0.2) is 54.0 Å². The molecule has 0 bridgehead atoms. The molecule has 2 aliphatic heterocycles. The Hall–Kier alpha value is -1.88. The zero-order valence-electron chi connectivity index (χ0n) is 13.9. The van der Waals surface area contributed by atoms with E-state index in [1.807, 2.05) is 0 Å². The van der Waals surface area contributed by atoms with Gasteiger partial charge in [-0.3, -0.25) is 14.6 Å². The summed E-state index contributed by atoms with van der Waals surface area (Å²) in [6, 6.07) is 9.07. The van der Waals surface area contributed by atoms with Gasteiger partial charge in [-0.15, -0.1) is 0 Å². The molecule has 0 spiro atoms. The van der Waals surface area contributed by atoms with E-state index < -0.39 is 0 Å². The normalized spacial score (nSPS) is 25.2. The second kappa shape index (κ2) is 6.71. The van der Waals surface area contributed by atoms with Crippen LogP contribution in [0.3, 0.4) is 0 Å². The van der Waals surface area contributed by atoms with E-state index in [2.05, 4.69) is 48.3 Å². The van der Waals surface area contributed by atoms with Gasteiger partial charge in [0, 0.05) is 25.0 Å². The summed E-state index contributed by atoms with van der Waals surface area (Å²) in [5.41, 5.74) is 2.69. The number of rotatable bonds is 5. The molecule has 1 aromatic rings. The summed E-state index contributed by atoms with van der Waals surface area (Å²) >= 11 is 0. The van der Waals surface area contributed by atoms with Crippen molar-refractivity contribution in [2.45, 2.75) is 38.6 Å². The minimum absolute atomic E-state index is 0.114. The molecule has 2 heterocycles. The van der Waals surface area contributed by atoms with Gasteiger partial charge in [-0.2, -0.15) is 0 Å². The van der Waals surface area contributed by atoms with E-state index in [1.54, 1.807) is 0 Å². The monoisotopic (exact) mass is 315 g/mol. The van der Waals surface area contributed by atoms with Gasteiger partial charge in [0.1, 0.15) is 0 Å². The lowest BCUT2D eigenvalue weighted by Crippen LogP contribution is -2.41. The number of nitrogens with zero attached hydrogens (tertiary/aromatic N) is 2. The van der Waals surface area contributed by atoms with Crippen LogP contribution < -0.4 is 5.32 Å². The maximum absolute atomic E-state index is 11.7. The van der Waals surface area contributed by atoms with Crippen molar-refractivity contribution in [2.75, 3.05) is 26.2 Å². The van der Waals surface area contributed by atoms with E-state index in [0.29, 0.717) is 18.5 Å². The Morgan fingerprint density at radius 2 is 1.91 bits per heavy atom. The number of aryl methyl sites for hydroxylation is 1. The molecule has 3 amide bonds. The van der Waals surface area contributed by atoms with E-state index in [0.717, 1.165) is 25.9 Å². The molecule has 0 aromatic heterocycles. The van der Waals surface area contributed by atoms with E-state index in [-0.39, 0.29) is 18.5 Å². The average molecular weight is 315 g/mol. The third-order valence-corrected chi connectivity index (χ3v) is 5.13. The fraction of sp³-hybridized carbons (Fsp3) is 0.556. The lowest BCUT2D eigenvalue weighted by atomic mass is 9.90. The summed E-state index contributed by atoms with van der Waals surface area (Å²) in [6.45, 7) is 6.75. The quantitative estimate of drug-likeness (QED) is 0.847. The molecular weight excluding hydrogens is 290 g/mol. The van der Waals surface area contributed by atoms with Crippen molar-refractivity contribution in [3.63, 3.8) is 0 Å². The predicted octanol–water partition coefficient (Wildman–Crippen LogP) is 2.11. The first-order valence-electron chi connectivity index (χ1n) is 8.49. The number of hydrogen-bond donors (Lipinski definition) is 1. The second-order valence-electron chi connectivity index (χ2n) is 6.52. The van der Waals surface area contributed by atoms with Crippen molar-refractivity contribution in [2.24, 2.45) is 0 Å². The molecule has 124 valence electrons. The number of imide groups is 1. The number of urea groups is 1. The third-order valence-electron chi connectivity index (χ3n) is 5.13. The van der Waals surface area contributed by atoms with Crippen LogP contribution in [0.15, 0.2) is 24.3 Å². The molecule has 1 N–H and O–H groups in total. The van der Waals surface area contributed by atoms with Gasteiger partial charge in [0.2, 0.25) is 5.91 Å². The first-order valence-corrected chi connectivity index (χ1v) is 8.49. The van der Waals surface area contributed by atoms with Crippen LogP contribution in [0.5, 0.6) is 0 Å². The van der Waals surface area contributed by atoms with Crippen molar-refractivity contribution < 1.29 is 9.59 Å². The van der Waals surface area contributed by atoms with Crippen molar-refractivity contribution in [1.29, 1.82) is 0 Å². The van der Waals surface area contributed by atoms with Gasteiger partial charge < -0.3 is 5.32 Å². The number of amides is 3. The van der Waals surface area contributed by atoms with Crippen LogP contribution in [0.2, 0.25) is 0 Å². The fourth-order valence-corrected chi connectivity index (χ4v) is 3.85. The second-order valence-corrected chi connectivity index (χ2v) is 6.52. The van der Waals surface area contributed by atoms with Gasteiger partial charge in [0.05, 0.1) is 6.54 Å². The van der Waals surface area contributed by atoms with Gasteiger partial charge in [-0.25, -0.2) is 4.79 Å². The van der Waals surface area contributed by atoms with Gasteiger partial charge in [-0.1, -0.05) is 36.8 Å². The van der Waals surface area contributed by atoms with Crippen molar-refractivity contribution in [3.8, 4) is 0 Å². The first kappa shape index (κ1) is 16.0. The Kier molecular flexibility index (Phi) is 4.66. The van der Waals surface area contributed by atoms with Gasteiger partial charge in [0.15, 0.2) is 0 Å². The Morgan fingerprint density at radius 3 is 2.52 bits per heavy atom. The molecule has 2 saturated heterocycles. The molecule has 5 heteroatoms. The molecule has 5 nitrogen and oxygen atoms in total. The highest BCUT2D eigenvalue weighted by Gasteiger charge is 2.35. The number of likely N-dealkylation sites (tertiary alicyclic amines) is 1. The highest BCUT2D eigenvalue weighted by atomic mass is 16.2. The summed E-state index contributed by atoms with van der Waals surface area (Å²) < 4.78 is 0. The maximum atomic E-state index is 11.7. The SMILES string of the molecule is CC[C@@H]1[C@H](c2ccc(C)cc2)CCN1CCN1C(=O)CNC1=O. The van der Waals surface area contributed by atoms with Crippen LogP contribution in [0.25, 0.3) is 0 Å². The molecule has 0 unspecified atom stereocenters. The van der Waals surface area contributed by atoms with Crippen molar-refractivity contribution in [3.05, 3.63) is 35.4 Å². The molecule has 2 atom stereocenters. The molecule has 0 aliphatic carbocycles. The van der Waals surface area contributed by atoms with Crippen LogP contribution >= 0.6 is 0 Å². The molecule has 2 fully saturated rings. The average Bonchev–Trinajstić information content (AvgIpc) is 3.10. The number of nitrogens with one attached hydrogen (secondary N) is 1. The van der Waals surface area contributed by atoms with Crippen LogP contribution in [0, 0.1) is 6.92 Å². The lowest BCUT2D eigenvalue weighted by Gasteiger charge is -2.28. The molecule has 1 aromatic carbocycles. The highest BCUT2D eigenvalue weighted by Crippen LogP contribution is 2.35. The zero-order chi connectivity index (χ0) is 16.4. The van der Waals surface area contributed by atoms with Crippen molar-refractivity contribution >= 4 is 11.9 Å². The summed E-state index contributed by atoms with van der Waals surface area (Å²) in [4.78, 5) is 27.1. The molecule has 0 saturated carbocycles. The highest BCUT2D eigenvalue weighted by molar-refractivity contribution is 6.01. The molecule has 2 aliphatic rings. The maximum Gasteiger partial charge on any atom is 0.324 e. The van der Waals surface area contributed by atoms with E-state index in [9.17, 15) is 9.59 Å². The molecular formula is C18H25N3O2. The van der Waals surface area contributed by atoms with Gasteiger partial charge in [0.25, 0.3) is 0 Å². The lowest BCUT2D eigenvalue weighted by molar-refractivity contribution is -0.125. The molecule has 3 rings (SSSR count). The van der Waals surface area contributed by atoms with Crippen LogP contribution in [0.1, 0.15) is 36.8 Å². The number of carbonyl (C=O) groups excluding carboxylic acids is 2. The van der Waals surface area contributed by atoms with Gasteiger partial charge >= 0.3 is 6.03 Å². The van der Waals surface area contributed by atoms with E-state index >= 15 is 0 Å². The van der Waals surface area contributed by atoms with E-state index in [1.165, 1.54) is 16.0 Å². The number of hydrogen-bond acceptors (Lipinski definition) is 3. The Morgan fingerprint density at radius 1 is 1.17 bits per heavy atom. The minimum atomic E-state index is -0.252. The standard InChI is InChI=1S/C18H25N3O2/c1-3-16-15(14-6-4-13(2)5-7-14)8-9-20(16)10-11-21-17(22)12-19-18(21)23/h4-7,15-16H,3,8-12H2,1-2H3,(H,19,23)/t15-,16+/m0/s1. The topological polar surface area (TPSA) is 52.6 Å². The summed E-state index contributed by atoms with van der Waals surface area (Å²) in [5, 5.41) is 2.58. The smallest absolute Gasteiger partial charge is 0.324 e. The number of carbonyl (C=O) groups is 2. The summed E-state index contributed by atoms with van der Waals surface area (Å²) in [7, 11) is 0. The Balaban J connectivity index is 1.64. The van der Waals surface area contributed by atoms with Crippen LogP contribution in [-0.2, 0) is 4.79 Å². The third kappa shape index (κ3) is 3.24. The zero-order valence-corrected chi connectivity index (χ0v) is 13.9. The number of benzene rings is 1. The Bertz CT molecular complexity index is 568. The van der Waals surface area contributed by atoms with Crippen LogP contribution in [0.4, 0.5) is 4.79 Å². The van der Waals surface area contributed by atoms with Gasteiger partial charge in [-0.05, 0) is 31.9 Å². The van der Waals surface area contributed by atoms with Crippen molar-refractivity contribution in [1.82, 2.24) is 15.1 Å². The summed E-state index contributed by atoms with van der Waals surface area (Å²) in [6.07, 6.45) is 2.22. The Labute approximate surface area is 137 Å². The van der Waals surface area contributed by atoms with E-state index in [4.69, 9.17) is 0 Å². The summed E-state index contributed by atoms with van der Waals surface area (Å²) in [5.74, 6) is 0.432. The largest absolute Gasteiger partial charge is 0.329 e. The molecule has 23 heavy (non-hydrogen) atoms. The first-order chi connectivity index (χ1) is 11.1. The predicted molar refractivity (Wildman–Crippen MR) is 89.3 cm³/mol. The minimum Gasteiger partial charge on any atom is -0.329 e. The molecule has 0 radical (unpaired) electrons. The fourth-order valence-electron chi connectivity index (χ4n) is 3.85.